The Morgan fingerprint density at radius 1 is 1.06 bits per heavy atom. The summed E-state index contributed by atoms with van der Waals surface area (Å²) in [6.07, 6.45) is 5.86. The Kier molecular flexibility index (Phi) is 6.34. The first-order valence-electron chi connectivity index (χ1n) is 11.9. The lowest BCUT2D eigenvalue weighted by Crippen LogP contribution is -2.56. The number of aromatic nitrogens is 2. The summed E-state index contributed by atoms with van der Waals surface area (Å²) in [7, 11) is 1.65. The van der Waals surface area contributed by atoms with Gasteiger partial charge in [0.15, 0.2) is 0 Å². The summed E-state index contributed by atoms with van der Waals surface area (Å²) in [5, 5.41) is 4.26. The lowest BCUT2D eigenvalue weighted by atomic mass is 9.83. The molecule has 34 heavy (non-hydrogen) atoms. The molecule has 2 aliphatic heterocycles. The number of methoxy groups -OCH3 is 1. The molecule has 3 aromatic rings. The first-order chi connectivity index (χ1) is 16.6. The molecule has 3 heterocycles. The summed E-state index contributed by atoms with van der Waals surface area (Å²) >= 11 is 0. The lowest BCUT2D eigenvalue weighted by Gasteiger charge is -2.47. The van der Waals surface area contributed by atoms with Gasteiger partial charge in [-0.15, -0.1) is 0 Å². The van der Waals surface area contributed by atoms with Crippen molar-refractivity contribution in [2.75, 3.05) is 20.2 Å². The van der Waals surface area contributed by atoms with E-state index >= 15 is 0 Å². The van der Waals surface area contributed by atoms with Gasteiger partial charge in [0.2, 0.25) is 5.91 Å². The van der Waals surface area contributed by atoms with Gasteiger partial charge in [-0.1, -0.05) is 24.3 Å². The molecular formula is C27H30N4O3. The SMILES string of the molecule is COc1ccc(CN2C(=O)CC[C@H]3CN(C(=O)c4cccc(Cn5cccn5)c4)CC[C@H]32)cc1. The van der Waals surface area contributed by atoms with Crippen molar-refractivity contribution in [3.63, 3.8) is 0 Å². The van der Waals surface area contributed by atoms with Gasteiger partial charge < -0.3 is 14.5 Å². The Morgan fingerprint density at radius 2 is 1.91 bits per heavy atom. The van der Waals surface area contributed by atoms with Gasteiger partial charge in [-0.2, -0.15) is 5.10 Å². The van der Waals surface area contributed by atoms with E-state index in [1.807, 2.05) is 75.3 Å². The highest BCUT2D eigenvalue weighted by molar-refractivity contribution is 5.94. The van der Waals surface area contributed by atoms with Crippen LogP contribution >= 0.6 is 0 Å². The van der Waals surface area contributed by atoms with Crippen LogP contribution in [-0.4, -0.2) is 57.6 Å². The number of amides is 2. The minimum Gasteiger partial charge on any atom is -0.497 e. The van der Waals surface area contributed by atoms with Crippen LogP contribution in [0.3, 0.4) is 0 Å². The lowest BCUT2D eigenvalue weighted by molar-refractivity contribution is -0.141. The normalized spacial score (nSPS) is 20.2. The molecule has 0 radical (unpaired) electrons. The zero-order valence-corrected chi connectivity index (χ0v) is 19.5. The predicted octanol–water partition coefficient (Wildman–Crippen LogP) is 3.59. The van der Waals surface area contributed by atoms with Crippen molar-refractivity contribution < 1.29 is 14.3 Å². The second-order valence-corrected chi connectivity index (χ2v) is 9.18. The molecular weight excluding hydrogens is 428 g/mol. The summed E-state index contributed by atoms with van der Waals surface area (Å²) in [5.74, 6) is 1.40. The summed E-state index contributed by atoms with van der Waals surface area (Å²) in [6, 6.07) is 17.8. The van der Waals surface area contributed by atoms with Gasteiger partial charge in [0, 0.05) is 50.1 Å². The Morgan fingerprint density at radius 3 is 2.68 bits per heavy atom. The highest BCUT2D eigenvalue weighted by Crippen LogP contribution is 2.33. The summed E-state index contributed by atoms with van der Waals surface area (Å²) in [6.45, 7) is 2.60. The Hall–Kier alpha value is -3.61. The average Bonchev–Trinajstić information content (AvgIpc) is 3.38. The first-order valence-corrected chi connectivity index (χ1v) is 11.9. The molecule has 0 spiro atoms. The Labute approximate surface area is 199 Å². The molecule has 0 unspecified atom stereocenters. The fourth-order valence-corrected chi connectivity index (χ4v) is 5.24. The van der Waals surface area contributed by atoms with Crippen LogP contribution in [0.4, 0.5) is 0 Å². The number of likely N-dealkylation sites (tertiary alicyclic amines) is 2. The van der Waals surface area contributed by atoms with Crippen LogP contribution in [0.5, 0.6) is 5.75 Å². The standard InChI is InChI=1S/C27H30N4O3/c1-34-24-9-6-20(7-10-24)18-31-25-12-15-29(19-23(25)8-11-26(31)32)27(33)22-5-2-4-21(16-22)17-30-14-3-13-28-30/h2-7,9-10,13-14,16,23,25H,8,11-12,15,17-19H2,1H3/t23-,25+/m0/s1. The number of nitrogens with zero attached hydrogens (tertiary/aromatic N) is 4. The van der Waals surface area contributed by atoms with Crippen LogP contribution in [0.2, 0.25) is 0 Å². The maximum Gasteiger partial charge on any atom is 0.253 e. The van der Waals surface area contributed by atoms with Gasteiger partial charge in [0.1, 0.15) is 5.75 Å². The van der Waals surface area contributed by atoms with Crippen molar-refractivity contribution in [3.8, 4) is 5.75 Å². The highest BCUT2D eigenvalue weighted by Gasteiger charge is 2.40. The molecule has 2 aromatic carbocycles. The number of benzene rings is 2. The van der Waals surface area contributed by atoms with Crippen LogP contribution in [0, 0.1) is 5.92 Å². The largest absolute Gasteiger partial charge is 0.497 e. The van der Waals surface area contributed by atoms with E-state index in [1.54, 1.807) is 13.3 Å². The average molecular weight is 459 g/mol. The Bertz CT molecular complexity index is 1140. The second-order valence-electron chi connectivity index (χ2n) is 9.18. The van der Waals surface area contributed by atoms with Gasteiger partial charge in [-0.25, -0.2) is 0 Å². The van der Waals surface area contributed by atoms with Crippen LogP contribution in [0.25, 0.3) is 0 Å². The van der Waals surface area contributed by atoms with Crippen LogP contribution in [-0.2, 0) is 17.9 Å². The molecule has 2 atom stereocenters. The molecule has 2 amide bonds. The highest BCUT2D eigenvalue weighted by atomic mass is 16.5. The van der Waals surface area contributed by atoms with Crippen molar-refractivity contribution in [3.05, 3.63) is 83.7 Å². The van der Waals surface area contributed by atoms with E-state index in [1.165, 1.54) is 0 Å². The van der Waals surface area contributed by atoms with Gasteiger partial charge in [0.25, 0.3) is 5.91 Å². The number of rotatable bonds is 6. The molecule has 0 bridgehead atoms. The van der Waals surface area contributed by atoms with Crippen molar-refractivity contribution in [2.45, 2.75) is 38.4 Å². The molecule has 1 aromatic heterocycles. The predicted molar refractivity (Wildman–Crippen MR) is 128 cm³/mol. The molecule has 0 saturated carbocycles. The monoisotopic (exact) mass is 458 g/mol. The number of fused-ring (bicyclic) bond motifs is 1. The molecule has 2 aliphatic rings. The molecule has 7 nitrogen and oxygen atoms in total. The smallest absolute Gasteiger partial charge is 0.253 e. The molecule has 0 N–H and O–H groups in total. The van der Waals surface area contributed by atoms with Crippen LogP contribution in [0.1, 0.15) is 40.7 Å². The number of ether oxygens (including phenoxy) is 1. The minimum atomic E-state index is 0.0689. The first kappa shape index (κ1) is 22.2. The van der Waals surface area contributed by atoms with Gasteiger partial charge in [-0.3, -0.25) is 14.3 Å². The van der Waals surface area contributed by atoms with Gasteiger partial charge >= 0.3 is 0 Å². The summed E-state index contributed by atoms with van der Waals surface area (Å²) in [4.78, 5) is 30.1. The minimum absolute atomic E-state index is 0.0689. The van der Waals surface area contributed by atoms with Crippen molar-refractivity contribution in [2.24, 2.45) is 5.92 Å². The van der Waals surface area contributed by atoms with E-state index < -0.39 is 0 Å². The molecule has 2 fully saturated rings. The topological polar surface area (TPSA) is 67.7 Å². The molecule has 5 rings (SSSR count). The second kappa shape index (κ2) is 9.71. The third kappa shape index (κ3) is 4.69. The number of piperidine rings is 2. The summed E-state index contributed by atoms with van der Waals surface area (Å²) in [5.41, 5.74) is 2.87. The zero-order valence-electron chi connectivity index (χ0n) is 19.5. The fraction of sp³-hybridized carbons (Fsp3) is 0.370. The van der Waals surface area contributed by atoms with E-state index in [4.69, 9.17) is 4.74 Å². The fourth-order valence-electron chi connectivity index (χ4n) is 5.24. The van der Waals surface area contributed by atoms with E-state index in [9.17, 15) is 9.59 Å². The number of carbonyl (C=O) groups excluding carboxylic acids is 2. The summed E-state index contributed by atoms with van der Waals surface area (Å²) < 4.78 is 7.10. The number of hydrogen-bond acceptors (Lipinski definition) is 4. The van der Waals surface area contributed by atoms with Crippen molar-refractivity contribution >= 4 is 11.8 Å². The molecule has 2 saturated heterocycles. The van der Waals surface area contributed by atoms with Crippen molar-refractivity contribution in [1.29, 1.82) is 0 Å². The molecule has 0 aliphatic carbocycles. The van der Waals surface area contributed by atoms with Gasteiger partial charge in [-0.05, 0) is 60.2 Å². The number of carbonyl (C=O) groups is 2. The maximum absolute atomic E-state index is 13.3. The van der Waals surface area contributed by atoms with Crippen molar-refractivity contribution in [1.82, 2.24) is 19.6 Å². The van der Waals surface area contributed by atoms with E-state index in [2.05, 4.69) is 5.10 Å². The van der Waals surface area contributed by atoms with E-state index in [0.29, 0.717) is 44.1 Å². The van der Waals surface area contributed by atoms with E-state index in [0.717, 1.165) is 29.7 Å². The van der Waals surface area contributed by atoms with Crippen LogP contribution in [0.15, 0.2) is 67.0 Å². The van der Waals surface area contributed by atoms with E-state index in [-0.39, 0.29) is 17.9 Å². The quantitative estimate of drug-likeness (QED) is 0.566. The Balaban J connectivity index is 1.25. The third-order valence-electron chi connectivity index (χ3n) is 7.02. The third-order valence-corrected chi connectivity index (χ3v) is 7.02. The van der Waals surface area contributed by atoms with Gasteiger partial charge in [0.05, 0.1) is 13.7 Å². The molecule has 176 valence electrons. The maximum atomic E-state index is 13.3. The zero-order chi connectivity index (χ0) is 23.5. The number of hydrogen-bond donors (Lipinski definition) is 0. The van der Waals surface area contributed by atoms with Crippen LogP contribution < -0.4 is 4.74 Å². The molecule has 7 heteroatoms.